The summed E-state index contributed by atoms with van der Waals surface area (Å²) in [6, 6.07) is -2.13. The molecular weight excluding hydrogens is 499 g/mol. The number of carboxylic acid groups (broad SMARTS) is 2. The van der Waals surface area contributed by atoms with Gasteiger partial charge in [-0.25, -0.2) is 14.6 Å². The van der Waals surface area contributed by atoms with Crippen LogP contribution in [0, 0.1) is 0 Å². The Hall–Kier alpha value is -3.60. The molecule has 0 saturated carbocycles. The summed E-state index contributed by atoms with van der Waals surface area (Å²) in [6.45, 7) is 2.83. The predicted molar refractivity (Wildman–Crippen MR) is 116 cm³/mol. The van der Waals surface area contributed by atoms with Crippen molar-refractivity contribution in [3.63, 3.8) is 0 Å². The molecule has 1 aliphatic rings. The van der Waals surface area contributed by atoms with Gasteiger partial charge in [-0.15, -0.1) is 0 Å². The number of carboxylic acids is 2. The Morgan fingerprint density at radius 1 is 1.19 bits per heavy atom. The number of alkyl halides is 3. The van der Waals surface area contributed by atoms with E-state index in [1.165, 1.54) is 6.92 Å². The van der Waals surface area contributed by atoms with Crippen molar-refractivity contribution >= 4 is 29.7 Å². The van der Waals surface area contributed by atoms with E-state index in [1.807, 2.05) is 6.92 Å². The van der Waals surface area contributed by atoms with Crippen LogP contribution in [-0.4, -0.2) is 93.3 Å². The van der Waals surface area contributed by atoms with Crippen LogP contribution < -0.4 is 22.1 Å². The second kappa shape index (κ2) is 14.7. The number of carbonyl (C=O) groups is 4. The van der Waals surface area contributed by atoms with Gasteiger partial charge < -0.3 is 47.3 Å². The number of amides is 2. The third-order valence-corrected chi connectivity index (χ3v) is 4.43. The van der Waals surface area contributed by atoms with E-state index in [0.29, 0.717) is 6.42 Å². The molecule has 0 aromatic heterocycles. The van der Waals surface area contributed by atoms with Gasteiger partial charge in [-0.1, -0.05) is 13.3 Å². The van der Waals surface area contributed by atoms with Crippen molar-refractivity contribution < 1.29 is 57.5 Å². The van der Waals surface area contributed by atoms with E-state index in [2.05, 4.69) is 15.6 Å². The summed E-state index contributed by atoms with van der Waals surface area (Å²) in [7, 11) is 0. The first kappa shape index (κ1) is 32.4. The van der Waals surface area contributed by atoms with Gasteiger partial charge in [0.05, 0.1) is 12.1 Å². The average Bonchev–Trinajstić information content (AvgIpc) is 2.75. The molecule has 0 spiro atoms. The second-order valence-corrected chi connectivity index (χ2v) is 7.46. The Balaban J connectivity index is 0.00000152. The number of hydrogen-bond donors (Lipinski definition) is 8. The summed E-state index contributed by atoms with van der Waals surface area (Å²) >= 11 is 0. The van der Waals surface area contributed by atoms with E-state index in [1.54, 1.807) is 0 Å². The fraction of sp³-hybridized carbons (Fsp3) is 0.632. The van der Waals surface area contributed by atoms with E-state index in [9.17, 15) is 42.9 Å². The van der Waals surface area contributed by atoms with Crippen molar-refractivity contribution in [1.29, 1.82) is 0 Å². The molecule has 36 heavy (non-hydrogen) atoms. The van der Waals surface area contributed by atoms with E-state index in [4.69, 9.17) is 26.1 Å². The zero-order chi connectivity index (χ0) is 28.2. The molecule has 14 nitrogen and oxygen atoms in total. The van der Waals surface area contributed by atoms with Crippen molar-refractivity contribution in [2.24, 2.45) is 16.5 Å². The zero-order valence-corrected chi connectivity index (χ0v) is 19.4. The lowest BCUT2D eigenvalue weighted by atomic mass is 9.92. The van der Waals surface area contributed by atoms with Gasteiger partial charge in [0.2, 0.25) is 17.6 Å². The summed E-state index contributed by atoms with van der Waals surface area (Å²) in [5, 5.41) is 42.2. The van der Waals surface area contributed by atoms with E-state index >= 15 is 0 Å². The lowest BCUT2D eigenvalue weighted by molar-refractivity contribution is -0.192. The van der Waals surface area contributed by atoms with Crippen LogP contribution in [0.3, 0.4) is 0 Å². The smallest absolute Gasteiger partial charge is 0.478 e. The molecule has 5 atom stereocenters. The van der Waals surface area contributed by atoms with Crippen molar-refractivity contribution in [2.45, 2.75) is 69.7 Å². The Morgan fingerprint density at radius 3 is 2.17 bits per heavy atom. The van der Waals surface area contributed by atoms with Crippen LogP contribution in [0.4, 0.5) is 13.2 Å². The van der Waals surface area contributed by atoms with E-state index < -0.39 is 60.2 Å². The van der Waals surface area contributed by atoms with Gasteiger partial charge in [0, 0.05) is 19.9 Å². The number of aliphatic imine (C=N–C) groups is 1. The van der Waals surface area contributed by atoms with Gasteiger partial charge in [-0.3, -0.25) is 9.59 Å². The van der Waals surface area contributed by atoms with Crippen molar-refractivity contribution in [1.82, 2.24) is 10.6 Å². The molecule has 1 heterocycles. The molecular formula is C19H30F3N5O9. The second-order valence-electron chi connectivity index (χ2n) is 7.46. The molecule has 0 fully saturated rings. The van der Waals surface area contributed by atoms with Gasteiger partial charge in [0.15, 0.2) is 5.96 Å². The number of aliphatic hydroxyl groups is 2. The number of aliphatic hydroxyl groups excluding tert-OH is 2. The molecule has 1 rings (SSSR count). The molecule has 0 aromatic carbocycles. The minimum absolute atomic E-state index is 0.270. The number of carbonyl (C=O) groups excluding carboxylic acids is 2. The number of ether oxygens (including phenoxy) is 1. The molecule has 17 heteroatoms. The van der Waals surface area contributed by atoms with Crippen LogP contribution in [0.5, 0.6) is 0 Å². The Morgan fingerprint density at radius 2 is 1.75 bits per heavy atom. The molecule has 2 amide bonds. The summed E-state index contributed by atoms with van der Waals surface area (Å²) < 4.78 is 37.0. The highest BCUT2D eigenvalue weighted by molar-refractivity contribution is 5.85. The molecule has 0 radical (unpaired) electrons. The number of hydrogen-bond acceptors (Lipinski definition) is 8. The molecule has 0 aromatic rings. The lowest BCUT2D eigenvalue weighted by Gasteiger charge is -2.38. The molecule has 206 valence electrons. The highest BCUT2D eigenvalue weighted by Crippen LogP contribution is 2.25. The van der Waals surface area contributed by atoms with Crippen LogP contribution >= 0.6 is 0 Å². The number of nitrogens with two attached hydrogens (primary N) is 2. The molecule has 10 N–H and O–H groups in total. The van der Waals surface area contributed by atoms with Gasteiger partial charge >= 0.3 is 18.1 Å². The normalized spacial score (nSPS) is 20.8. The first-order chi connectivity index (χ1) is 16.5. The number of rotatable bonds is 10. The van der Waals surface area contributed by atoms with Gasteiger partial charge in [0.1, 0.15) is 18.3 Å². The van der Waals surface area contributed by atoms with Crippen LogP contribution in [-0.2, 0) is 23.9 Å². The van der Waals surface area contributed by atoms with Gasteiger partial charge in [-0.2, -0.15) is 13.2 Å². The highest BCUT2D eigenvalue weighted by atomic mass is 19.4. The van der Waals surface area contributed by atoms with Crippen LogP contribution in [0.1, 0.15) is 33.1 Å². The maximum atomic E-state index is 11.7. The number of aliphatic carboxylic acids is 2. The highest BCUT2D eigenvalue weighted by Gasteiger charge is 2.44. The minimum Gasteiger partial charge on any atom is -0.478 e. The molecule has 0 aliphatic carbocycles. The number of nitrogens with one attached hydrogen (secondary N) is 2. The summed E-state index contributed by atoms with van der Waals surface area (Å²) in [5.41, 5.74) is 10.8. The fourth-order valence-electron chi connectivity index (χ4n) is 2.79. The Bertz CT molecular complexity index is 847. The molecule has 2 unspecified atom stereocenters. The minimum atomic E-state index is -5.08. The summed E-state index contributed by atoms with van der Waals surface area (Å²) in [5.74, 6) is -5.93. The first-order valence-electron chi connectivity index (χ1n) is 10.4. The number of guanidine groups is 1. The number of unbranched alkanes of at least 4 members (excludes halogenated alkanes) is 1. The zero-order valence-electron chi connectivity index (χ0n) is 19.4. The SMILES string of the molecule is CCCCC(=O)NCC(O)C(O)[C@@H]1OC(C(=O)O)=C[C@H](N=C(N)N)[C@H]1NC(C)=O.O=C(O)C(F)(F)F. The maximum absolute atomic E-state index is 11.7. The van der Waals surface area contributed by atoms with Crippen LogP contribution in [0.15, 0.2) is 16.8 Å². The topological polar surface area (TPSA) is 247 Å². The van der Waals surface area contributed by atoms with Crippen molar-refractivity contribution in [3.8, 4) is 0 Å². The average molecular weight is 529 g/mol. The van der Waals surface area contributed by atoms with E-state index in [-0.39, 0.29) is 24.8 Å². The number of halogens is 3. The standard InChI is InChI=1S/C17H29N5O7.C2HF3O2/c1-3-4-5-12(25)20-7-10(24)14(26)15-13(21-8(2)23)9(22-17(18)19)6-11(29-15)16(27)28;3-2(4,5)1(6)7/h6,9-10,13-15,24,26H,3-5,7H2,1-2H3,(H,20,25)(H,21,23)(H,27,28)(H4,18,19,22);(H,6,7)/t9-,10?,13+,14?,15+;/m0./s1. The summed E-state index contributed by atoms with van der Waals surface area (Å²) in [4.78, 5) is 47.5. The molecule has 0 bridgehead atoms. The van der Waals surface area contributed by atoms with Crippen molar-refractivity contribution in [2.75, 3.05) is 6.54 Å². The Labute approximate surface area is 203 Å². The number of nitrogens with zero attached hydrogens (tertiary/aromatic N) is 1. The van der Waals surface area contributed by atoms with Crippen LogP contribution in [0.25, 0.3) is 0 Å². The quantitative estimate of drug-likeness (QED) is 0.115. The third-order valence-electron chi connectivity index (χ3n) is 4.43. The molecule has 1 aliphatic heterocycles. The largest absolute Gasteiger partial charge is 0.490 e. The van der Waals surface area contributed by atoms with Gasteiger partial charge in [-0.05, 0) is 12.5 Å². The first-order valence-corrected chi connectivity index (χ1v) is 10.4. The predicted octanol–water partition coefficient (Wildman–Crippen LogP) is -1.84. The lowest BCUT2D eigenvalue weighted by Crippen LogP contribution is -2.60. The molecule has 0 saturated heterocycles. The van der Waals surface area contributed by atoms with Crippen molar-refractivity contribution in [3.05, 3.63) is 11.8 Å². The Kier molecular flexibility index (Phi) is 13.2. The maximum Gasteiger partial charge on any atom is 0.490 e. The van der Waals surface area contributed by atoms with Gasteiger partial charge in [0.25, 0.3) is 0 Å². The third kappa shape index (κ3) is 11.7. The summed E-state index contributed by atoms with van der Waals surface area (Å²) in [6.07, 6.45) is -6.80. The monoisotopic (exact) mass is 529 g/mol. The van der Waals surface area contributed by atoms with Crippen LogP contribution in [0.2, 0.25) is 0 Å². The fourth-order valence-corrected chi connectivity index (χ4v) is 2.79. The van der Waals surface area contributed by atoms with E-state index in [0.717, 1.165) is 12.5 Å².